The van der Waals surface area contributed by atoms with Crippen molar-refractivity contribution in [3.8, 4) is 79.2 Å². The lowest BCUT2D eigenvalue weighted by atomic mass is 9.98. The van der Waals surface area contributed by atoms with Crippen LogP contribution in [-0.2, 0) is 6.42 Å². The lowest BCUT2D eigenvalue weighted by Gasteiger charge is -2.13. The highest BCUT2D eigenvalue weighted by Crippen LogP contribution is 2.43. The molecule has 0 aliphatic heterocycles. The van der Waals surface area contributed by atoms with Crippen molar-refractivity contribution in [1.82, 2.24) is 29.1 Å². The van der Waals surface area contributed by atoms with Crippen molar-refractivity contribution in [2.24, 2.45) is 0 Å². The molecule has 320 valence electrons. The maximum absolute atomic E-state index is 5.22. The van der Waals surface area contributed by atoms with E-state index >= 15 is 0 Å². The first-order valence-electron chi connectivity index (χ1n) is 23.2. The number of para-hydroxylation sites is 1. The van der Waals surface area contributed by atoms with E-state index < -0.39 is 0 Å². The second kappa shape index (κ2) is 16.5. The Morgan fingerprint density at radius 3 is 1.47 bits per heavy atom. The standard InChI is InChI=1S/C62H42N6/c1-5-17-41(18-6-1)42-29-31-45(32-30-42)53-40-48(39-52(63-53)44-19-7-2-8-20-44)43-33-35-49(36-34-43)67-54-27-15-13-25-50(54)58-56(67)37-38-57-59(58)51-26-14-16-28-55(51)68(57)62-65-60(46-21-9-3-10-22-46)64-61(66-62)47-23-11-4-12-24-47/h1-13,15-25,27-40H,14,26H2. The average Bonchev–Trinajstić information content (AvgIpc) is 3.95. The number of hydrogen-bond donors (Lipinski definition) is 0. The molecule has 0 spiro atoms. The Balaban J connectivity index is 0.951. The third-order valence-electron chi connectivity index (χ3n) is 13.3. The summed E-state index contributed by atoms with van der Waals surface area (Å²) in [7, 11) is 0. The summed E-state index contributed by atoms with van der Waals surface area (Å²) in [4.78, 5) is 20.7. The van der Waals surface area contributed by atoms with Crippen LogP contribution in [0.2, 0.25) is 0 Å². The molecule has 4 aromatic heterocycles. The first kappa shape index (κ1) is 39.4. The molecule has 0 fully saturated rings. The maximum atomic E-state index is 5.22. The second-order valence-electron chi connectivity index (χ2n) is 17.3. The lowest BCUT2D eigenvalue weighted by molar-refractivity contribution is 0.902. The van der Waals surface area contributed by atoms with Crippen LogP contribution in [0.5, 0.6) is 0 Å². The number of rotatable bonds is 8. The van der Waals surface area contributed by atoms with E-state index in [1.807, 2.05) is 36.4 Å². The van der Waals surface area contributed by atoms with E-state index in [4.69, 9.17) is 19.9 Å². The van der Waals surface area contributed by atoms with Crippen molar-refractivity contribution >= 4 is 38.8 Å². The number of aromatic nitrogens is 6. The quantitative estimate of drug-likeness (QED) is 0.153. The summed E-state index contributed by atoms with van der Waals surface area (Å²) >= 11 is 0. The lowest BCUT2D eigenvalue weighted by Crippen LogP contribution is -2.08. The van der Waals surface area contributed by atoms with Gasteiger partial charge in [-0.25, -0.2) is 9.97 Å². The van der Waals surface area contributed by atoms with Gasteiger partial charge in [-0.3, -0.25) is 4.57 Å². The van der Waals surface area contributed by atoms with E-state index in [1.165, 1.54) is 32.8 Å². The molecule has 0 saturated carbocycles. The highest BCUT2D eigenvalue weighted by atomic mass is 15.2. The number of allylic oxidation sites excluding steroid dienone is 1. The number of pyridine rings is 1. The molecule has 0 saturated heterocycles. The van der Waals surface area contributed by atoms with Gasteiger partial charge >= 0.3 is 0 Å². The Bertz CT molecular complexity index is 3800. The first-order valence-corrected chi connectivity index (χ1v) is 23.2. The average molecular weight is 871 g/mol. The van der Waals surface area contributed by atoms with E-state index in [9.17, 15) is 0 Å². The zero-order valence-corrected chi connectivity index (χ0v) is 37.0. The summed E-state index contributed by atoms with van der Waals surface area (Å²) in [5.74, 6) is 1.89. The van der Waals surface area contributed by atoms with Crippen molar-refractivity contribution in [3.05, 3.63) is 236 Å². The predicted octanol–water partition coefficient (Wildman–Crippen LogP) is 15.3. The topological polar surface area (TPSA) is 61.4 Å². The van der Waals surface area contributed by atoms with Crippen LogP contribution in [0.4, 0.5) is 0 Å². The molecule has 1 aliphatic rings. The fraction of sp³-hybridized carbons (Fsp3) is 0.0323. The second-order valence-corrected chi connectivity index (χ2v) is 17.3. The molecular weight excluding hydrogens is 829 g/mol. The molecule has 12 aromatic rings. The predicted molar refractivity (Wildman–Crippen MR) is 279 cm³/mol. The molecule has 8 aromatic carbocycles. The molecule has 0 bridgehead atoms. The fourth-order valence-electron chi connectivity index (χ4n) is 10.0. The molecule has 0 radical (unpaired) electrons. The molecule has 6 heteroatoms. The Morgan fingerprint density at radius 1 is 0.353 bits per heavy atom. The molecule has 0 N–H and O–H groups in total. The number of aryl methyl sites for hydroxylation is 1. The van der Waals surface area contributed by atoms with Gasteiger partial charge in [0, 0.05) is 44.1 Å². The van der Waals surface area contributed by atoms with Crippen molar-refractivity contribution in [1.29, 1.82) is 0 Å². The van der Waals surface area contributed by atoms with Gasteiger partial charge in [0.1, 0.15) is 0 Å². The van der Waals surface area contributed by atoms with Gasteiger partial charge < -0.3 is 4.57 Å². The van der Waals surface area contributed by atoms with Crippen LogP contribution in [0.1, 0.15) is 17.7 Å². The molecule has 4 heterocycles. The molecule has 68 heavy (non-hydrogen) atoms. The zero-order chi connectivity index (χ0) is 45.0. The molecule has 0 unspecified atom stereocenters. The van der Waals surface area contributed by atoms with Crippen LogP contribution in [0, 0.1) is 0 Å². The van der Waals surface area contributed by atoms with E-state index in [2.05, 4.69) is 203 Å². The van der Waals surface area contributed by atoms with Crippen LogP contribution in [0.3, 0.4) is 0 Å². The van der Waals surface area contributed by atoms with Gasteiger partial charge in [-0.05, 0) is 89.2 Å². The normalized spacial score (nSPS) is 12.2. The highest BCUT2D eigenvalue weighted by molar-refractivity contribution is 6.22. The zero-order valence-electron chi connectivity index (χ0n) is 37.0. The summed E-state index contributed by atoms with van der Waals surface area (Å²) in [6, 6.07) is 76.9. The molecular formula is C62H42N6. The smallest absolute Gasteiger partial charge is 0.238 e. The van der Waals surface area contributed by atoms with Gasteiger partial charge in [0.25, 0.3) is 0 Å². The SMILES string of the molecule is C1=Cc2c(c3c4c5ccccc5n(-c5ccc(-c6cc(-c7ccccc7)nc(-c7ccc(-c8ccccc8)cc7)c6)cc5)c4ccc3n2-c2nc(-c3ccccc3)nc(-c3ccccc3)n2)CC1. The van der Waals surface area contributed by atoms with Crippen LogP contribution in [0.25, 0.3) is 118 Å². The van der Waals surface area contributed by atoms with Gasteiger partial charge in [0.05, 0.1) is 33.6 Å². The van der Waals surface area contributed by atoms with Crippen LogP contribution >= 0.6 is 0 Å². The minimum absolute atomic E-state index is 0.605. The van der Waals surface area contributed by atoms with E-state index in [0.717, 1.165) is 85.5 Å². The van der Waals surface area contributed by atoms with Gasteiger partial charge in [-0.1, -0.05) is 182 Å². The number of fused-ring (bicyclic) bond motifs is 7. The monoisotopic (exact) mass is 870 g/mol. The fourth-order valence-corrected chi connectivity index (χ4v) is 10.0. The summed E-state index contributed by atoms with van der Waals surface area (Å²) in [5.41, 5.74) is 17.5. The van der Waals surface area contributed by atoms with Gasteiger partial charge in [0.2, 0.25) is 5.95 Å². The first-order chi connectivity index (χ1) is 33.7. The molecule has 6 nitrogen and oxygen atoms in total. The minimum atomic E-state index is 0.605. The Hall–Kier alpha value is -9.00. The molecule has 0 atom stereocenters. The Morgan fingerprint density at radius 2 is 0.838 bits per heavy atom. The Labute approximate surface area is 393 Å². The van der Waals surface area contributed by atoms with Crippen molar-refractivity contribution in [3.63, 3.8) is 0 Å². The van der Waals surface area contributed by atoms with Gasteiger partial charge in [0.15, 0.2) is 11.6 Å². The molecule has 13 rings (SSSR count). The third-order valence-corrected chi connectivity index (χ3v) is 13.3. The highest BCUT2D eigenvalue weighted by Gasteiger charge is 2.26. The van der Waals surface area contributed by atoms with E-state index in [1.54, 1.807) is 0 Å². The van der Waals surface area contributed by atoms with Crippen LogP contribution < -0.4 is 0 Å². The largest absolute Gasteiger partial charge is 0.309 e. The summed E-state index contributed by atoms with van der Waals surface area (Å²) in [5, 5.41) is 3.69. The maximum Gasteiger partial charge on any atom is 0.238 e. The van der Waals surface area contributed by atoms with Crippen LogP contribution in [-0.4, -0.2) is 29.1 Å². The van der Waals surface area contributed by atoms with Crippen molar-refractivity contribution < 1.29 is 0 Å². The summed E-state index contributed by atoms with van der Waals surface area (Å²) < 4.78 is 4.67. The van der Waals surface area contributed by atoms with Crippen LogP contribution in [0.15, 0.2) is 224 Å². The number of nitrogens with zero attached hydrogens (tertiary/aromatic N) is 6. The Kier molecular flexibility index (Phi) is 9.53. The van der Waals surface area contributed by atoms with Crippen molar-refractivity contribution in [2.75, 3.05) is 0 Å². The number of benzene rings is 8. The van der Waals surface area contributed by atoms with E-state index in [0.29, 0.717) is 17.6 Å². The van der Waals surface area contributed by atoms with Gasteiger partial charge in [-0.15, -0.1) is 0 Å². The van der Waals surface area contributed by atoms with Crippen molar-refractivity contribution in [2.45, 2.75) is 12.8 Å². The summed E-state index contributed by atoms with van der Waals surface area (Å²) in [6.45, 7) is 0. The third kappa shape index (κ3) is 6.81. The molecule has 1 aliphatic carbocycles. The van der Waals surface area contributed by atoms with E-state index in [-0.39, 0.29) is 0 Å². The van der Waals surface area contributed by atoms with Gasteiger partial charge in [-0.2, -0.15) is 9.97 Å². The minimum Gasteiger partial charge on any atom is -0.309 e. The molecule has 0 amide bonds. The number of hydrogen-bond acceptors (Lipinski definition) is 4. The summed E-state index contributed by atoms with van der Waals surface area (Å²) in [6.07, 6.45) is 6.41.